The number of carbonyl (C=O) groups is 2. The predicted molar refractivity (Wildman–Crippen MR) is 130 cm³/mol. The van der Waals surface area contributed by atoms with E-state index in [1.807, 2.05) is 0 Å². The second-order valence-electron chi connectivity index (χ2n) is 7.47. The third-order valence-electron chi connectivity index (χ3n) is 4.93. The Morgan fingerprint density at radius 3 is 2.28 bits per heavy atom. The number of carbonyl (C=O) groups excluding carboxylic acids is 2. The van der Waals surface area contributed by atoms with Crippen LogP contribution in [0.4, 0.5) is 24.5 Å². The lowest BCUT2D eigenvalue weighted by molar-refractivity contribution is -0.137. The number of nitrogens with zero attached hydrogens (tertiary/aromatic N) is 1. The largest absolute Gasteiger partial charge is 0.416 e. The molecule has 2 N–H and O–H groups in total. The summed E-state index contributed by atoms with van der Waals surface area (Å²) in [6.45, 7) is 2.84. The Hall–Kier alpha value is -4.12. The van der Waals surface area contributed by atoms with Crippen LogP contribution in [-0.2, 0) is 21.0 Å². The molecule has 0 radical (unpaired) electrons. The summed E-state index contributed by atoms with van der Waals surface area (Å²) in [4.78, 5) is 25.2. The first-order valence-corrected chi connectivity index (χ1v) is 12.0. The van der Waals surface area contributed by atoms with Gasteiger partial charge in [-0.05, 0) is 42.5 Å². The summed E-state index contributed by atoms with van der Waals surface area (Å²) in [5, 5.41) is 5.06. The minimum absolute atomic E-state index is 0.102. The fourth-order valence-corrected chi connectivity index (χ4v) is 4.68. The minimum Gasteiger partial charge on any atom is -0.349 e. The van der Waals surface area contributed by atoms with Crippen molar-refractivity contribution in [1.82, 2.24) is 5.32 Å². The van der Waals surface area contributed by atoms with E-state index in [0.29, 0.717) is 10.4 Å². The van der Waals surface area contributed by atoms with E-state index in [1.54, 1.807) is 18.2 Å². The van der Waals surface area contributed by atoms with Crippen molar-refractivity contribution in [3.05, 3.63) is 103 Å². The molecule has 0 bridgehead atoms. The summed E-state index contributed by atoms with van der Waals surface area (Å²) in [6.07, 6.45) is -3.25. The van der Waals surface area contributed by atoms with Gasteiger partial charge in [-0.1, -0.05) is 42.5 Å². The Bertz CT molecular complexity index is 1360. The molecule has 0 heterocycles. The zero-order valence-corrected chi connectivity index (χ0v) is 19.6. The highest BCUT2D eigenvalue weighted by atomic mass is 32.2. The zero-order chi connectivity index (χ0) is 26.3. The number of hydrogen-bond acceptors (Lipinski definition) is 4. The predicted octanol–water partition coefficient (Wildman–Crippen LogP) is 4.46. The topological polar surface area (TPSA) is 95.6 Å². The van der Waals surface area contributed by atoms with E-state index in [0.717, 1.165) is 12.1 Å². The van der Waals surface area contributed by atoms with E-state index in [4.69, 9.17) is 0 Å². The number of alkyl halides is 3. The monoisotopic (exact) mass is 517 g/mol. The third kappa shape index (κ3) is 6.30. The van der Waals surface area contributed by atoms with Crippen LogP contribution in [-0.4, -0.2) is 33.3 Å². The van der Waals surface area contributed by atoms with Crippen molar-refractivity contribution in [3.63, 3.8) is 0 Å². The molecule has 7 nitrogen and oxygen atoms in total. The van der Waals surface area contributed by atoms with Gasteiger partial charge in [-0.15, -0.1) is 6.58 Å². The van der Waals surface area contributed by atoms with Crippen LogP contribution >= 0.6 is 0 Å². The van der Waals surface area contributed by atoms with Gasteiger partial charge in [0, 0.05) is 6.54 Å². The molecule has 11 heteroatoms. The highest BCUT2D eigenvalue weighted by Crippen LogP contribution is 2.33. The number of halogens is 3. The lowest BCUT2D eigenvalue weighted by atomic mass is 10.1. The highest BCUT2D eigenvalue weighted by Gasteiger charge is 2.33. The molecule has 36 heavy (non-hydrogen) atoms. The quantitative estimate of drug-likeness (QED) is 0.410. The van der Waals surface area contributed by atoms with E-state index in [2.05, 4.69) is 17.2 Å². The van der Waals surface area contributed by atoms with Gasteiger partial charge in [0.25, 0.3) is 15.9 Å². The van der Waals surface area contributed by atoms with Gasteiger partial charge in [0.1, 0.15) is 6.54 Å². The van der Waals surface area contributed by atoms with E-state index in [9.17, 15) is 31.2 Å². The van der Waals surface area contributed by atoms with Gasteiger partial charge in [-0.2, -0.15) is 13.2 Å². The van der Waals surface area contributed by atoms with E-state index >= 15 is 0 Å². The van der Waals surface area contributed by atoms with Crippen molar-refractivity contribution >= 4 is 33.2 Å². The highest BCUT2D eigenvalue weighted by molar-refractivity contribution is 7.92. The molecule has 0 aromatic heterocycles. The van der Waals surface area contributed by atoms with Crippen molar-refractivity contribution in [2.24, 2.45) is 0 Å². The Kier molecular flexibility index (Phi) is 8.15. The molecule has 0 atom stereocenters. The maximum absolute atomic E-state index is 13.4. The van der Waals surface area contributed by atoms with Crippen molar-refractivity contribution in [3.8, 4) is 0 Å². The Morgan fingerprint density at radius 2 is 1.61 bits per heavy atom. The Balaban J connectivity index is 1.97. The van der Waals surface area contributed by atoms with Gasteiger partial charge >= 0.3 is 6.18 Å². The molecule has 3 rings (SSSR count). The number of para-hydroxylation sites is 1. The number of nitrogens with one attached hydrogen (secondary N) is 2. The molecule has 3 aromatic rings. The zero-order valence-electron chi connectivity index (χ0n) is 18.8. The van der Waals surface area contributed by atoms with Gasteiger partial charge in [-0.3, -0.25) is 13.9 Å². The van der Waals surface area contributed by atoms with Gasteiger partial charge in [-0.25, -0.2) is 8.42 Å². The van der Waals surface area contributed by atoms with Crippen molar-refractivity contribution in [1.29, 1.82) is 0 Å². The third-order valence-corrected chi connectivity index (χ3v) is 6.72. The summed E-state index contributed by atoms with van der Waals surface area (Å²) in [7, 11) is -4.43. The van der Waals surface area contributed by atoms with Gasteiger partial charge in [0.05, 0.1) is 27.4 Å². The van der Waals surface area contributed by atoms with Gasteiger partial charge in [0.15, 0.2) is 0 Å². The van der Waals surface area contributed by atoms with Crippen LogP contribution in [0.25, 0.3) is 0 Å². The number of amides is 2. The summed E-state index contributed by atoms with van der Waals surface area (Å²) >= 11 is 0. The first-order valence-electron chi connectivity index (χ1n) is 10.6. The summed E-state index contributed by atoms with van der Waals surface area (Å²) < 4.78 is 67.3. The number of benzene rings is 3. The summed E-state index contributed by atoms with van der Waals surface area (Å²) in [5.74, 6) is -1.37. The smallest absolute Gasteiger partial charge is 0.349 e. The second kappa shape index (κ2) is 11.1. The molecule has 0 aliphatic carbocycles. The van der Waals surface area contributed by atoms with Crippen LogP contribution in [0.5, 0.6) is 0 Å². The fourth-order valence-electron chi connectivity index (χ4n) is 3.24. The van der Waals surface area contributed by atoms with E-state index < -0.39 is 40.1 Å². The average molecular weight is 518 g/mol. The maximum Gasteiger partial charge on any atom is 0.416 e. The van der Waals surface area contributed by atoms with Crippen molar-refractivity contribution in [2.75, 3.05) is 22.7 Å². The van der Waals surface area contributed by atoms with Gasteiger partial charge in [0.2, 0.25) is 5.91 Å². The first kappa shape index (κ1) is 26.5. The second-order valence-corrected chi connectivity index (χ2v) is 9.33. The lowest BCUT2D eigenvalue weighted by Crippen LogP contribution is -2.38. The molecule has 0 saturated carbocycles. The van der Waals surface area contributed by atoms with E-state index in [1.165, 1.54) is 48.5 Å². The van der Waals surface area contributed by atoms with Crippen molar-refractivity contribution in [2.45, 2.75) is 11.1 Å². The molecule has 188 valence electrons. The SMILES string of the molecule is C=CCNC(=O)c1ccccc1NC(=O)CN(c1cccc(C(F)(F)F)c1)S(=O)(=O)c1ccccc1. The van der Waals surface area contributed by atoms with Crippen LogP contribution in [0.2, 0.25) is 0 Å². The van der Waals surface area contributed by atoms with Crippen LogP contribution in [0.1, 0.15) is 15.9 Å². The van der Waals surface area contributed by atoms with Crippen LogP contribution in [0, 0.1) is 0 Å². The number of anilines is 2. The number of sulfonamides is 1. The molecule has 0 aliphatic rings. The molecular formula is C25H22F3N3O4S. The lowest BCUT2D eigenvalue weighted by Gasteiger charge is -2.25. The van der Waals surface area contributed by atoms with Crippen LogP contribution < -0.4 is 14.9 Å². The number of rotatable bonds is 9. The molecule has 0 aliphatic heterocycles. The standard InChI is InChI=1S/C25H22F3N3O4S/c1-2-15-29-24(33)21-13-6-7-14-22(21)30-23(32)17-31(36(34,35)20-11-4-3-5-12-20)19-10-8-9-18(16-19)25(26,27)28/h2-14,16H,1,15,17H2,(H,29,33)(H,30,32). The molecule has 0 unspecified atom stereocenters. The summed E-state index contributed by atoms with van der Waals surface area (Å²) in [6, 6.07) is 16.8. The first-order chi connectivity index (χ1) is 17.0. The molecule has 2 amide bonds. The van der Waals surface area contributed by atoms with Gasteiger partial charge < -0.3 is 10.6 Å². The Morgan fingerprint density at radius 1 is 0.944 bits per heavy atom. The van der Waals surface area contributed by atoms with Crippen LogP contribution in [0.3, 0.4) is 0 Å². The molecule has 0 fully saturated rings. The molecule has 0 saturated heterocycles. The van der Waals surface area contributed by atoms with Crippen molar-refractivity contribution < 1.29 is 31.2 Å². The molecule has 0 spiro atoms. The van der Waals surface area contributed by atoms with E-state index in [-0.39, 0.29) is 28.4 Å². The minimum atomic E-state index is -4.72. The van der Waals surface area contributed by atoms with Crippen LogP contribution in [0.15, 0.2) is 96.4 Å². The normalized spacial score (nSPS) is 11.4. The molecule has 3 aromatic carbocycles. The summed E-state index contributed by atoms with van der Waals surface area (Å²) in [5.41, 5.74) is -1.20. The number of hydrogen-bond donors (Lipinski definition) is 2. The fraction of sp³-hybridized carbons (Fsp3) is 0.120. The Labute approximate surface area is 206 Å². The average Bonchev–Trinajstić information content (AvgIpc) is 2.86. The maximum atomic E-state index is 13.4. The molecular weight excluding hydrogens is 495 g/mol.